The maximum Gasteiger partial charge on any atom is 0.227 e. The number of nitrogens with zero attached hydrogens (tertiary/aromatic N) is 2. The van der Waals surface area contributed by atoms with Gasteiger partial charge in [-0.3, -0.25) is 9.59 Å². The number of Topliss-reactive ketones (excluding diaryl/α,β-unsaturated/α-hetero) is 1. The third-order valence-electron chi connectivity index (χ3n) is 23.5. The van der Waals surface area contributed by atoms with Crippen molar-refractivity contribution in [2.24, 2.45) is 0 Å². The van der Waals surface area contributed by atoms with E-state index in [2.05, 4.69) is 256 Å². The number of rotatable bonds is 16. The van der Waals surface area contributed by atoms with Crippen LogP contribution in [0, 0.1) is 34.6 Å². The highest BCUT2D eigenvalue weighted by molar-refractivity contribution is 6.59. The number of hydrogen-bond acceptors (Lipinski definition) is 8. The topological polar surface area (TPSA) is 112 Å². The van der Waals surface area contributed by atoms with E-state index >= 15 is 0 Å². The number of aryl methyl sites for hydroxylation is 5. The van der Waals surface area contributed by atoms with Crippen LogP contribution < -0.4 is 0 Å². The van der Waals surface area contributed by atoms with E-state index in [0.29, 0.717) is 5.89 Å². The zero-order valence-electron chi connectivity index (χ0n) is 75.5. The Morgan fingerprint density at radius 1 is 0.224 bits per heavy atom. The van der Waals surface area contributed by atoms with E-state index in [1.165, 1.54) is 39.8 Å². The quantitative estimate of drug-likeness (QED) is 0.0940. The maximum absolute atomic E-state index is 14.0. The van der Waals surface area contributed by atoms with Crippen LogP contribution in [0.2, 0.25) is 0 Å². The second kappa shape index (κ2) is 42.8. The first kappa shape index (κ1) is 88.8. The van der Waals surface area contributed by atoms with Crippen LogP contribution in [0.3, 0.4) is 0 Å². The van der Waals surface area contributed by atoms with Crippen LogP contribution in [0.15, 0.2) is 509 Å². The molecule has 2 aliphatic rings. The van der Waals surface area contributed by atoms with Crippen LogP contribution in [0.5, 0.6) is 0 Å². The van der Waals surface area contributed by atoms with Crippen LogP contribution in [0.4, 0.5) is 0 Å². The molecule has 0 saturated heterocycles. The third-order valence-corrected chi connectivity index (χ3v) is 23.5. The highest BCUT2D eigenvalue weighted by Crippen LogP contribution is 2.52. The molecule has 8 nitrogen and oxygen atoms in total. The SMILES string of the molecule is CC1=C(c2ccccc2)C(c2ccccc2)=CC1=O.Cc1ccc(-c2oc(-c3ccccc3)c(-c3ccccc3)c2-c2ccccc2)cc1.Cc1ccc(-c2oc(-c3ccccc3)nc2-c2ccccc2)cc1.Cc1ccc(C2=C(c3ccccc3)C(c3ccccc3)=C(c3ccccc3)C2=O)cc1.Cc1occ(-c2ccccc2)c1-c1ccccc1.Cc1ocnc1-c1ccccc1. The van der Waals surface area contributed by atoms with Crippen molar-refractivity contribution in [3.8, 4) is 112 Å². The molecule has 0 saturated carbocycles. The number of carbonyl (C=O) groups excluding carboxylic acids is 2. The summed E-state index contributed by atoms with van der Waals surface area (Å²) in [4.78, 5) is 35.0. The zero-order valence-corrected chi connectivity index (χ0v) is 75.5. The van der Waals surface area contributed by atoms with Crippen molar-refractivity contribution in [2.45, 2.75) is 41.5 Å². The predicted molar refractivity (Wildman–Crippen MR) is 551 cm³/mol. The van der Waals surface area contributed by atoms with E-state index in [9.17, 15) is 9.59 Å². The Morgan fingerprint density at radius 3 is 0.896 bits per heavy atom. The lowest BCUT2D eigenvalue weighted by Gasteiger charge is -2.13. The number of benzene rings is 16. The Kier molecular flexibility index (Phi) is 28.4. The van der Waals surface area contributed by atoms with Crippen molar-refractivity contribution in [1.29, 1.82) is 0 Å². The van der Waals surface area contributed by atoms with Gasteiger partial charge < -0.3 is 17.7 Å². The number of hydrogen-bond donors (Lipinski definition) is 0. The van der Waals surface area contributed by atoms with Gasteiger partial charge in [-0.1, -0.05) is 472 Å². The Morgan fingerprint density at radius 2 is 0.515 bits per heavy atom. The summed E-state index contributed by atoms with van der Waals surface area (Å²) < 4.78 is 23.5. The average molecular weight is 1740 g/mol. The molecule has 648 valence electrons. The lowest BCUT2D eigenvalue weighted by molar-refractivity contribution is -0.111. The van der Waals surface area contributed by atoms with Gasteiger partial charge in [-0.05, 0) is 127 Å². The summed E-state index contributed by atoms with van der Waals surface area (Å²) in [6, 6.07) is 158. The van der Waals surface area contributed by atoms with E-state index in [1.807, 2.05) is 264 Å². The monoisotopic (exact) mass is 1730 g/mol. The molecule has 0 radical (unpaired) electrons. The van der Waals surface area contributed by atoms with E-state index in [0.717, 1.165) is 174 Å². The van der Waals surface area contributed by atoms with E-state index in [-0.39, 0.29) is 11.6 Å². The smallest absolute Gasteiger partial charge is 0.227 e. The normalized spacial score (nSPS) is 11.9. The Hall–Kier alpha value is -17.2. The van der Waals surface area contributed by atoms with Gasteiger partial charge in [0.05, 0.1) is 6.26 Å². The van der Waals surface area contributed by atoms with Gasteiger partial charge in [0.2, 0.25) is 5.89 Å². The predicted octanol–water partition coefficient (Wildman–Crippen LogP) is 33.0. The summed E-state index contributed by atoms with van der Waals surface area (Å²) in [5.41, 5.74) is 33.7. The van der Waals surface area contributed by atoms with Gasteiger partial charge in [0.15, 0.2) is 23.7 Å². The Labute approximate surface area is 784 Å². The highest BCUT2D eigenvalue weighted by atomic mass is 16.4. The molecule has 134 heavy (non-hydrogen) atoms. The minimum absolute atomic E-state index is 0.0766. The summed E-state index contributed by atoms with van der Waals surface area (Å²) in [6.07, 6.45) is 5.05. The molecule has 4 aromatic heterocycles. The fourth-order valence-electron chi connectivity index (χ4n) is 16.8. The average Bonchev–Trinajstić information content (AvgIpc) is 1.59. The molecule has 0 aliphatic heterocycles. The van der Waals surface area contributed by atoms with Gasteiger partial charge in [0.1, 0.15) is 34.4 Å². The summed E-state index contributed by atoms with van der Waals surface area (Å²) >= 11 is 0. The maximum atomic E-state index is 14.0. The van der Waals surface area contributed by atoms with Crippen LogP contribution in [-0.2, 0) is 9.59 Å². The molecule has 0 spiro atoms. The van der Waals surface area contributed by atoms with E-state index in [1.54, 1.807) is 6.08 Å². The number of aromatic nitrogens is 2. The third kappa shape index (κ3) is 20.7. The van der Waals surface area contributed by atoms with Gasteiger partial charge in [0.25, 0.3) is 0 Å². The molecule has 20 aromatic rings. The molecule has 0 amide bonds. The highest BCUT2D eigenvalue weighted by Gasteiger charge is 2.36. The molecule has 4 heterocycles. The summed E-state index contributed by atoms with van der Waals surface area (Å²) in [6.45, 7) is 12.1. The van der Waals surface area contributed by atoms with Crippen molar-refractivity contribution >= 4 is 45.0 Å². The fraction of sp³-hybridized carbons (Fsp3) is 0.0476. The molecule has 0 N–H and O–H groups in total. The summed E-state index contributed by atoms with van der Waals surface area (Å²) in [7, 11) is 0. The van der Waals surface area contributed by atoms with Crippen LogP contribution in [-0.4, -0.2) is 21.5 Å². The van der Waals surface area contributed by atoms with Crippen molar-refractivity contribution in [3.05, 3.63) is 553 Å². The standard InChI is InChI=1S/C30H22O.C29H22O.C22H17NO.C18H14O.C17H14O.C10H9NO/c1-21-17-19-25(20-18-21)29-27(23-13-7-3-8-14-23)26(22-11-5-2-6-12-22)28(30(29)31)24-15-9-4-10-16-24;1-21-17-19-25(20-18-21)29-27(23-13-7-3-8-14-23)26(22-11-5-2-6-12-22)28(30-29)24-15-9-4-10-16-24;1-16-12-14-18(15-13-16)21-20(17-8-4-2-5-9-17)23-22(24-21)19-10-6-3-7-11-19;1-13-17(19)12-16(14-8-4-2-5-9-14)18(13)15-10-6-3-7-11-15;1-13-17(15-10-6-3-7-11-15)16(12-18-13)14-8-4-2-5-9-14;1-8-10(11-7-12-8)9-5-3-2-4-6-9/h2-20H,1H3;2-20H,1H3;2-15H,1H3;2-12H,1H3;2-12H,1H3;2-7H,1H3. The number of furan rings is 2. The molecule has 0 atom stereocenters. The minimum Gasteiger partial charge on any atom is -0.468 e. The second-order valence-corrected chi connectivity index (χ2v) is 32.7. The second-order valence-electron chi connectivity index (χ2n) is 32.7. The fourth-order valence-corrected chi connectivity index (χ4v) is 16.8. The largest absolute Gasteiger partial charge is 0.468 e. The van der Waals surface area contributed by atoms with Gasteiger partial charge in [-0.25, -0.2) is 9.97 Å². The first-order chi connectivity index (χ1) is 65.9. The summed E-state index contributed by atoms with van der Waals surface area (Å²) in [5, 5.41) is 0. The molecule has 8 heteroatoms. The van der Waals surface area contributed by atoms with Gasteiger partial charge >= 0.3 is 0 Å². The zero-order chi connectivity index (χ0) is 91.9. The molecule has 16 aromatic carbocycles. The number of oxazole rings is 2. The summed E-state index contributed by atoms with van der Waals surface area (Å²) in [5.74, 6) is 5.26. The molecular weight excluding hydrogens is 1640 g/mol. The lowest BCUT2D eigenvalue weighted by atomic mass is 9.89. The van der Waals surface area contributed by atoms with E-state index < -0.39 is 0 Å². The van der Waals surface area contributed by atoms with Gasteiger partial charge in [-0.2, -0.15) is 0 Å². The van der Waals surface area contributed by atoms with Gasteiger partial charge in [0, 0.05) is 83.5 Å². The molecule has 22 rings (SSSR count). The molecule has 0 fully saturated rings. The molecule has 0 unspecified atom stereocenters. The Bertz CT molecular complexity index is 7420. The van der Waals surface area contributed by atoms with Crippen molar-refractivity contribution in [1.82, 2.24) is 9.97 Å². The Balaban J connectivity index is 0.000000114. The van der Waals surface area contributed by atoms with Crippen molar-refractivity contribution < 1.29 is 27.3 Å². The first-order valence-electron chi connectivity index (χ1n) is 45.0. The van der Waals surface area contributed by atoms with Crippen LogP contribution >= 0.6 is 0 Å². The van der Waals surface area contributed by atoms with Crippen LogP contribution in [0.1, 0.15) is 68.5 Å². The number of carbonyl (C=O) groups is 2. The van der Waals surface area contributed by atoms with Crippen molar-refractivity contribution in [2.75, 3.05) is 0 Å². The number of ketones is 2. The van der Waals surface area contributed by atoms with Crippen LogP contribution in [0.25, 0.3) is 146 Å². The number of allylic oxidation sites excluding steroid dienone is 8. The molecule has 0 bridgehead atoms. The van der Waals surface area contributed by atoms with Gasteiger partial charge in [-0.15, -0.1) is 0 Å². The van der Waals surface area contributed by atoms with Crippen molar-refractivity contribution in [3.63, 3.8) is 0 Å². The minimum atomic E-state index is 0.0766. The molecule has 2 aliphatic carbocycles. The molecular formula is C126H98N2O6. The van der Waals surface area contributed by atoms with E-state index in [4.69, 9.17) is 22.7 Å². The lowest BCUT2D eigenvalue weighted by Crippen LogP contribution is -2.02. The first-order valence-corrected chi connectivity index (χ1v) is 45.0.